The van der Waals surface area contributed by atoms with Crippen molar-refractivity contribution in [2.24, 2.45) is 11.5 Å². The average molecular weight is 402 g/mol. The van der Waals surface area contributed by atoms with Gasteiger partial charge >= 0.3 is 18.1 Å². The molecular weight excluding hydrogens is 358 g/mol. The fourth-order valence-corrected chi connectivity index (χ4v) is 5.34. The van der Waals surface area contributed by atoms with Crippen molar-refractivity contribution in [1.82, 2.24) is 5.32 Å². The van der Waals surface area contributed by atoms with Crippen LogP contribution in [-0.4, -0.2) is 72.9 Å². The highest BCUT2D eigenvalue weighted by Gasteiger charge is 2.36. The Morgan fingerprint density at radius 2 is 1.40 bits per heavy atom. The van der Waals surface area contributed by atoms with Crippen molar-refractivity contribution in [3.63, 3.8) is 0 Å². The molecule has 2 atom stereocenters. The third-order valence-corrected chi connectivity index (χ3v) is 8.47. The van der Waals surface area contributed by atoms with E-state index in [2.05, 4.69) is 24.9 Å². The molecule has 0 aromatic heterocycles. The van der Waals surface area contributed by atoms with Gasteiger partial charge in [0.05, 0.1) is 6.17 Å². The lowest BCUT2D eigenvalue weighted by Crippen LogP contribution is -2.44. The fraction of sp³-hybridized carbons (Fsp3) is 1.00. The first-order valence-electron chi connectivity index (χ1n) is 8.68. The number of nitrogens with two attached hydrogens (primary N) is 2. The quantitative estimate of drug-likeness (QED) is 0.328. The molecule has 10 heteroatoms. The molecule has 0 bridgehead atoms. The van der Waals surface area contributed by atoms with Crippen LogP contribution in [0.25, 0.3) is 0 Å². The largest absolute Gasteiger partial charge is 0.500 e. The van der Waals surface area contributed by atoms with Crippen LogP contribution in [0.15, 0.2) is 0 Å². The summed E-state index contributed by atoms with van der Waals surface area (Å²) < 4.78 is 26.0. The number of nitrogens with one attached hydrogen (secondary N) is 1. The summed E-state index contributed by atoms with van der Waals surface area (Å²) in [4.78, 5) is 0. The smallest absolute Gasteiger partial charge is 0.400 e. The summed E-state index contributed by atoms with van der Waals surface area (Å²) >= 11 is 0. The van der Waals surface area contributed by atoms with E-state index in [1.165, 1.54) is 7.05 Å². The molecule has 0 aliphatic heterocycles. The Kier molecular flexibility index (Phi) is 24.4. The van der Waals surface area contributed by atoms with Crippen LogP contribution in [0.5, 0.6) is 0 Å². The van der Waals surface area contributed by atoms with Crippen LogP contribution < -0.4 is 16.8 Å². The van der Waals surface area contributed by atoms with Gasteiger partial charge in [-0.25, -0.2) is 0 Å². The molecule has 5 N–H and O–H groups in total. The van der Waals surface area contributed by atoms with Gasteiger partial charge in [0.15, 0.2) is 0 Å². The van der Waals surface area contributed by atoms with Gasteiger partial charge in [-0.1, -0.05) is 20.3 Å². The molecule has 0 aromatic carbocycles. The van der Waals surface area contributed by atoms with Crippen molar-refractivity contribution >= 4 is 18.1 Å². The van der Waals surface area contributed by atoms with E-state index < -0.39 is 18.1 Å². The van der Waals surface area contributed by atoms with Crippen LogP contribution in [0.3, 0.4) is 0 Å². The first-order chi connectivity index (χ1) is 11.9. The van der Waals surface area contributed by atoms with Gasteiger partial charge in [-0.2, -0.15) is 0 Å². The SMILES string of the molecule is CCC(C[SiH](OC)OC)NC(C)N.CCC[Si](OC)(OC)OC.CN. The number of hydrogen-bond donors (Lipinski definition) is 3. The molecule has 25 heavy (non-hydrogen) atoms. The first kappa shape index (κ1) is 29.9. The predicted molar refractivity (Wildman–Crippen MR) is 109 cm³/mol. The van der Waals surface area contributed by atoms with Gasteiger partial charge in [0.25, 0.3) is 0 Å². The summed E-state index contributed by atoms with van der Waals surface area (Å²) in [6.45, 7) is 6.16. The van der Waals surface area contributed by atoms with Gasteiger partial charge in [0.1, 0.15) is 0 Å². The van der Waals surface area contributed by atoms with E-state index in [1.54, 1.807) is 35.5 Å². The van der Waals surface area contributed by atoms with Gasteiger partial charge < -0.3 is 33.6 Å². The maximum Gasteiger partial charge on any atom is 0.500 e. The minimum Gasteiger partial charge on any atom is -0.400 e. The van der Waals surface area contributed by atoms with Crippen molar-refractivity contribution in [2.75, 3.05) is 42.6 Å². The van der Waals surface area contributed by atoms with E-state index in [1.807, 2.05) is 6.92 Å². The summed E-state index contributed by atoms with van der Waals surface area (Å²) in [5.41, 5.74) is 10.2. The molecule has 0 rings (SSSR count). The third-order valence-electron chi connectivity index (χ3n) is 3.48. The molecule has 156 valence electrons. The molecule has 0 saturated heterocycles. The Morgan fingerprint density at radius 1 is 0.960 bits per heavy atom. The summed E-state index contributed by atoms with van der Waals surface area (Å²) in [6.07, 6.45) is 2.12. The molecule has 0 heterocycles. The molecule has 0 radical (unpaired) electrons. The van der Waals surface area contributed by atoms with E-state index in [0.29, 0.717) is 6.04 Å². The van der Waals surface area contributed by atoms with Crippen LogP contribution in [0.1, 0.15) is 33.6 Å². The molecule has 2 unspecified atom stereocenters. The first-order valence-corrected chi connectivity index (χ1v) is 12.4. The van der Waals surface area contributed by atoms with Gasteiger partial charge in [0, 0.05) is 53.7 Å². The van der Waals surface area contributed by atoms with E-state index in [9.17, 15) is 0 Å². The molecule has 0 aliphatic carbocycles. The zero-order valence-electron chi connectivity index (χ0n) is 17.8. The van der Waals surface area contributed by atoms with Crippen molar-refractivity contribution < 1.29 is 22.1 Å². The minimum absolute atomic E-state index is 0.0355. The molecule has 0 saturated carbocycles. The van der Waals surface area contributed by atoms with Crippen LogP contribution in [-0.2, 0) is 22.1 Å². The highest BCUT2D eigenvalue weighted by molar-refractivity contribution is 6.60. The number of rotatable bonds is 12. The van der Waals surface area contributed by atoms with Crippen molar-refractivity contribution in [3.8, 4) is 0 Å². The minimum atomic E-state index is -2.22. The molecule has 0 fully saturated rings. The van der Waals surface area contributed by atoms with Crippen molar-refractivity contribution in [1.29, 1.82) is 0 Å². The summed E-state index contributed by atoms with van der Waals surface area (Å²) in [5.74, 6) is 0. The molecule has 0 aromatic rings. The Bertz CT molecular complexity index is 251. The maximum absolute atomic E-state index is 5.65. The lowest BCUT2D eigenvalue weighted by atomic mass is 10.2. The molecule has 0 amide bonds. The van der Waals surface area contributed by atoms with Crippen LogP contribution in [0.4, 0.5) is 0 Å². The monoisotopic (exact) mass is 401 g/mol. The molecule has 8 nitrogen and oxygen atoms in total. The van der Waals surface area contributed by atoms with E-state index >= 15 is 0 Å². The Morgan fingerprint density at radius 3 is 1.60 bits per heavy atom. The zero-order chi connectivity index (χ0) is 20.3. The Hall–Kier alpha value is 0.114. The lowest BCUT2D eigenvalue weighted by Gasteiger charge is -2.23. The van der Waals surface area contributed by atoms with Crippen LogP contribution in [0, 0.1) is 0 Å². The average Bonchev–Trinajstić information content (AvgIpc) is 2.65. The summed E-state index contributed by atoms with van der Waals surface area (Å²) in [6, 6.07) is 2.26. The van der Waals surface area contributed by atoms with Crippen molar-refractivity contribution in [2.45, 2.75) is 57.9 Å². The second-order valence-electron chi connectivity index (χ2n) is 5.24. The highest BCUT2D eigenvalue weighted by Crippen LogP contribution is 2.13. The Labute approximate surface area is 158 Å². The summed E-state index contributed by atoms with van der Waals surface area (Å²) in [7, 11) is 6.15. The van der Waals surface area contributed by atoms with Crippen LogP contribution in [0.2, 0.25) is 12.1 Å². The van der Waals surface area contributed by atoms with E-state index in [4.69, 9.17) is 27.9 Å². The molecule has 0 aliphatic rings. The van der Waals surface area contributed by atoms with Crippen LogP contribution >= 0.6 is 0 Å². The van der Waals surface area contributed by atoms with Gasteiger partial charge in [-0.15, -0.1) is 0 Å². The lowest BCUT2D eigenvalue weighted by molar-refractivity contribution is 0.123. The fourth-order valence-electron chi connectivity index (χ4n) is 2.11. The summed E-state index contributed by atoms with van der Waals surface area (Å²) in [5, 5.41) is 3.28. The van der Waals surface area contributed by atoms with E-state index in [0.717, 1.165) is 24.9 Å². The van der Waals surface area contributed by atoms with Gasteiger partial charge in [-0.3, -0.25) is 5.32 Å². The number of hydrogen-bond acceptors (Lipinski definition) is 8. The Balaban J connectivity index is -0.000000362. The van der Waals surface area contributed by atoms with Crippen molar-refractivity contribution in [3.05, 3.63) is 0 Å². The zero-order valence-corrected chi connectivity index (χ0v) is 19.9. The standard InChI is InChI=1S/C8H22N2O2Si.C6H16O3Si.CH5N/c1-5-8(10-7(2)9)6-13(11-3)12-4;1-5-6-10(7-2,8-3)9-4;1-2/h7-8,10,13H,5-6,9H2,1-4H3;5-6H2,1-4H3;2H2,1H3. The van der Waals surface area contributed by atoms with Gasteiger partial charge in [-0.05, 0) is 20.4 Å². The van der Waals surface area contributed by atoms with Gasteiger partial charge in [0.2, 0.25) is 0 Å². The predicted octanol–water partition coefficient (Wildman–Crippen LogP) is 1.02. The molecular formula is C15H43N3O5Si2. The normalized spacial score (nSPS) is 13.4. The second kappa shape index (κ2) is 20.4. The van der Waals surface area contributed by atoms with E-state index in [-0.39, 0.29) is 6.17 Å². The third kappa shape index (κ3) is 16.0. The topological polar surface area (TPSA) is 110 Å². The maximum atomic E-state index is 5.65. The second-order valence-corrected chi connectivity index (χ2v) is 10.6. The molecule has 0 spiro atoms. The highest BCUT2D eigenvalue weighted by atomic mass is 28.4.